The molecular formula is C4H8O4S. The zero-order valence-corrected chi connectivity index (χ0v) is 5.76. The van der Waals surface area contributed by atoms with Gasteiger partial charge < -0.3 is 9.84 Å². The molecule has 1 saturated heterocycles. The highest BCUT2D eigenvalue weighted by Gasteiger charge is 2.46. The van der Waals surface area contributed by atoms with Gasteiger partial charge in [0, 0.05) is 6.26 Å². The van der Waals surface area contributed by atoms with Gasteiger partial charge in [0.05, 0.1) is 6.61 Å². The molecule has 0 saturated carbocycles. The minimum atomic E-state index is -3.07. The van der Waals surface area contributed by atoms with Crippen LogP contribution in [0.3, 0.4) is 0 Å². The van der Waals surface area contributed by atoms with E-state index in [9.17, 15) is 8.42 Å². The van der Waals surface area contributed by atoms with Crippen LogP contribution in [0.5, 0.6) is 0 Å². The maximum atomic E-state index is 10.5. The third-order valence-corrected chi connectivity index (χ3v) is 2.40. The lowest BCUT2D eigenvalue weighted by molar-refractivity contribution is 0.243. The first kappa shape index (κ1) is 6.98. The van der Waals surface area contributed by atoms with Crippen molar-refractivity contribution in [3.63, 3.8) is 0 Å². The van der Waals surface area contributed by atoms with Gasteiger partial charge in [-0.1, -0.05) is 0 Å². The molecule has 4 nitrogen and oxygen atoms in total. The Morgan fingerprint density at radius 2 is 2.22 bits per heavy atom. The summed E-state index contributed by atoms with van der Waals surface area (Å²) in [6.07, 6.45) is 0.618. The van der Waals surface area contributed by atoms with Gasteiger partial charge in [0.25, 0.3) is 0 Å². The van der Waals surface area contributed by atoms with Crippen LogP contribution in [0.4, 0.5) is 0 Å². The molecule has 1 heterocycles. The van der Waals surface area contributed by atoms with Crippen LogP contribution in [0.2, 0.25) is 0 Å². The van der Waals surface area contributed by atoms with Crippen molar-refractivity contribution < 1.29 is 18.3 Å². The summed E-state index contributed by atoms with van der Waals surface area (Å²) in [4.78, 5) is 0. The first-order valence-corrected chi connectivity index (χ1v) is 4.46. The lowest BCUT2D eigenvalue weighted by Crippen LogP contribution is -2.09. The predicted octanol–water partition coefficient (Wildman–Crippen LogP) is -1.25. The van der Waals surface area contributed by atoms with E-state index in [1.807, 2.05) is 0 Å². The predicted molar refractivity (Wildman–Crippen MR) is 30.6 cm³/mol. The van der Waals surface area contributed by atoms with Crippen LogP contribution >= 0.6 is 0 Å². The number of hydrogen-bond acceptors (Lipinski definition) is 4. The summed E-state index contributed by atoms with van der Waals surface area (Å²) in [6.45, 7) is -0.211. The van der Waals surface area contributed by atoms with E-state index in [0.717, 1.165) is 6.26 Å². The van der Waals surface area contributed by atoms with E-state index in [0.29, 0.717) is 0 Å². The molecule has 0 aliphatic carbocycles. The molecule has 0 aromatic heterocycles. The summed E-state index contributed by atoms with van der Waals surface area (Å²) in [6, 6.07) is 0. The Balaban J connectivity index is 2.53. The van der Waals surface area contributed by atoms with Crippen LogP contribution in [0, 0.1) is 0 Å². The van der Waals surface area contributed by atoms with Crippen molar-refractivity contribution in [3.8, 4) is 0 Å². The van der Waals surface area contributed by atoms with Gasteiger partial charge in [0.2, 0.25) is 0 Å². The summed E-state index contributed by atoms with van der Waals surface area (Å²) >= 11 is 0. The molecule has 1 rings (SSSR count). The molecule has 0 spiro atoms. The van der Waals surface area contributed by atoms with Crippen LogP contribution < -0.4 is 0 Å². The maximum Gasteiger partial charge on any atom is 0.187 e. The third-order valence-electron chi connectivity index (χ3n) is 1.14. The Kier molecular flexibility index (Phi) is 1.50. The second-order valence-electron chi connectivity index (χ2n) is 2.06. The molecule has 1 aliphatic rings. The Labute approximate surface area is 53.4 Å². The number of hydrogen-bond donors (Lipinski definition) is 1. The fourth-order valence-corrected chi connectivity index (χ4v) is 1.61. The van der Waals surface area contributed by atoms with Gasteiger partial charge in [0.1, 0.15) is 6.10 Å². The summed E-state index contributed by atoms with van der Waals surface area (Å²) in [7, 11) is -3.07. The Hall–Kier alpha value is -0.130. The van der Waals surface area contributed by atoms with Gasteiger partial charge >= 0.3 is 0 Å². The molecule has 1 N–H and O–H groups in total. The van der Waals surface area contributed by atoms with Crippen molar-refractivity contribution in [2.45, 2.75) is 11.5 Å². The van der Waals surface area contributed by atoms with Crippen molar-refractivity contribution in [3.05, 3.63) is 0 Å². The fourth-order valence-electron chi connectivity index (χ4n) is 0.633. The first-order chi connectivity index (χ1) is 4.05. The van der Waals surface area contributed by atoms with E-state index in [1.54, 1.807) is 0 Å². The zero-order valence-electron chi connectivity index (χ0n) is 4.94. The van der Waals surface area contributed by atoms with Crippen molar-refractivity contribution >= 4 is 9.84 Å². The smallest absolute Gasteiger partial charge is 0.187 e. The van der Waals surface area contributed by atoms with E-state index >= 15 is 0 Å². The van der Waals surface area contributed by atoms with E-state index in [2.05, 4.69) is 4.74 Å². The Bertz CT molecular complexity index is 195. The van der Waals surface area contributed by atoms with Crippen LogP contribution in [-0.2, 0) is 14.6 Å². The molecular weight excluding hydrogens is 144 g/mol. The van der Waals surface area contributed by atoms with Crippen LogP contribution in [-0.4, -0.2) is 37.9 Å². The fraction of sp³-hybridized carbons (Fsp3) is 1.00. The van der Waals surface area contributed by atoms with E-state index < -0.39 is 21.4 Å². The first-order valence-electron chi connectivity index (χ1n) is 2.51. The number of aliphatic hydroxyl groups excluding tert-OH is 1. The molecule has 0 aromatic carbocycles. The van der Waals surface area contributed by atoms with Crippen molar-refractivity contribution in [1.82, 2.24) is 0 Å². The Morgan fingerprint density at radius 3 is 2.33 bits per heavy atom. The van der Waals surface area contributed by atoms with Gasteiger partial charge in [-0.05, 0) is 0 Å². The van der Waals surface area contributed by atoms with Gasteiger partial charge in [-0.15, -0.1) is 0 Å². The van der Waals surface area contributed by atoms with Crippen molar-refractivity contribution in [2.24, 2.45) is 0 Å². The van der Waals surface area contributed by atoms with E-state index in [-0.39, 0.29) is 6.61 Å². The average Bonchev–Trinajstić information content (AvgIpc) is 2.39. The summed E-state index contributed by atoms with van der Waals surface area (Å²) in [5, 5.41) is 8.35. The molecule has 0 aromatic rings. The third kappa shape index (κ3) is 1.41. The second kappa shape index (κ2) is 1.93. The molecule has 0 radical (unpaired) electrons. The highest BCUT2D eigenvalue weighted by Crippen LogP contribution is 2.25. The van der Waals surface area contributed by atoms with E-state index in [1.165, 1.54) is 0 Å². The van der Waals surface area contributed by atoms with E-state index in [4.69, 9.17) is 5.11 Å². The molecule has 0 bridgehead atoms. The van der Waals surface area contributed by atoms with Crippen molar-refractivity contribution in [2.75, 3.05) is 12.9 Å². The van der Waals surface area contributed by atoms with Crippen LogP contribution in [0.25, 0.3) is 0 Å². The molecule has 1 aliphatic heterocycles. The lowest BCUT2D eigenvalue weighted by atomic mass is 10.5. The highest BCUT2D eigenvalue weighted by atomic mass is 32.2. The van der Waals surface area contributed by atoms with Crippen molar-refractivity contribution in [1.29, 1.82) is 0 Å². The topological polar surface area (TPSA) is 66.9 Å². The normalized spacial score (nSPS) is 34.4. The van der Waals surface area contributed by atoms with Crippen LogP contribution in [0.1, 0.15) is 0 Å². The second-order valence-corrected chi connectivity index (χ2v) is 4.18. The maximum absolute atomic E-state index is 10.5. The monoisotopic (exact) mass is 152 g/mol. The molecule has 5 heteroatoms. The zero-order chi connectivity index (χ0) is 7.07. The summed E-state index contributed by atoms with van der Waals surface area (Å²) < 4.78 is 25.6. The largest absolute Gasteiger partial charge is 0.394 e. The average molecular weight is 152 g/mol. The lowest BCUT2D eigenvalue weighted by Gasteiger charge is -1.85. The number of sulfone groups is 1. The van der Waals surface area contributed by atoms with Gasteiger partial charge in [-0.2, -0.15) is 0 Å². The highest BCUT2D eigenvalue weighted by molar-refractivity contribution is 7.91. The number of epoxide rings is 1. The molecule has 2 unspecified atom stereocenters. The number of rotatable bonds is 2. The van der Waals surface area contributed by atoms with Gasteiger partial charge in [-0.3, -0.25) is 0 Å². The molecule has 1 fully saturated rings. The molecule has 54 valence electrons. The molecule has 9 heavy (non-hydrogen) atoms. The Morgan fingerprint density at radius 1 is 1.67 bits per heavy atom. The SMILES string of the molecule is CS(=O)(=O)C1OC1CO. The summed E-state index contributed by atoms with van der Waals surface area (Å²) in [5.41, 5.74) is -0.748. The van der Waals surface area contributed by atoms with Crippen LogP contribution in [0.15, 0.2) is 0 Å². The molecule has 0 amide bonds. The summed E-state index contributed by atoms with van der Waals surface area (Å²) in [5.74, 6) is 0. The van der Waals surface area contributed by atoms with Gasteiger partial charge in [-0.25, -0.2) is 8.42 Å². The molecule has 2 atom stereocenters. The standard InChI is InChI=1S/C4H8O4S/c1-9(6,7)4-3(2-5)8-4/h3-5H,2H2,1H3. The quantitative estimate of drug-likeness (QED) is 0.502. The minimum absolute atomic E-state index is 0.211. The minimum Gasteiger partial charge on any atom is -0.394 e. The van der Waals surface area contributed by atoms with Gasteiger partial charge in [0.15, 0.2) is 15.3 Å². The number of aliphatic hydroxyl groups is 1. The number of ether oxygens (including phenoxy) is 1.